The fourth-order valence-corrected chi connectivity index (χ4v) is 3.18. The summed E-state index contributed by atoms with van der Waals surface area (Å²) >= 11 is 12.1. The van der Waals surface area contributed by atoms with E-state index in [1.54, 1.807) is 6.92 Å². The zero-order valence-corrected chi connectivity index (χ0v) is 16.6. The minimum Gasteiger partial charge on any atom is -0.453 e. The number of aromatic amines is 1. The van der Waals surface area contributed by atoms with Gasteiger partial charge < -0.3 is 9.84 Å². The summed E-state index contributed by atoms with van der Waals surface area (Å²) in [6, 6.07) is 10.5. The first kappa shape index (κ1) is 20.8. The maximum atomic E-state index is 15.3. The number of H-pyrrole nitrogens is 1. The lowest BCUT2D eigenvalue weighted by atomic mass is 9.95. The summed E-state index contributed by atoms with van der Waals surface area (Å²) in [6.45, 7) is 1.11. The average Bonchev–Trinajstić information content (AvgIpc) is 2.69. The van der Waals surface area contributed by atoms with Crippen LogP contribution >= 0.6 is 23.2 Å². The lowest BCUT2D eigenvalue weighted by Gasteiger charge is -2.18. The van der Waals surface area contributed by atoms with Crippen molar-refractivity contribution in [1.29, 1.82) is 5.26 Å². The molecular formula is C20H14Cl2FN3O3. The van der Waals surface area contributed by atoms with Gasteiger partial charge in [0.25, 0.3) is 5.56 Å². The molecule has 148 valence electrons. The van der Waals surface area contributed by atoms with Crippen molar-refractivity contribution in [2.45, 2.75) is 12.8 Å². The third kappa shape index (κ3) is 4.40. The van der Waals surface area contributed by atoms with E-state index >= 15 is 4.39 Å². The molecule has 0 aliphatic heterocycles. The van der Waals surface area contributed by atoms with Crippen molar-refractivity contribution >= 4 is 23.2 Å². The van der Waals surface area contributed by atoms with Gasteiger partial charge in [0.1, 0.15) is 5.75 Å². The summed E-state index contributed by atoms with van der Waals surface area (Å²) in [6.07, 6.45) is 0. The van der Waals surface area contributed by atoms with Gasteiger partial charge in [-0.15, -0.1) is 0 Å². The van der Waals surface area contributed by atoms with Gasteiger partial charge in [0.15, 0.2) is 11.6 Å². The topological polar surface area (TPSA) is 99.0 Å². The zero-order chi connectivity index (χ0) is 21.1. The van der Waals surface area contributed by atoms with Gasteiger partial charge >= 0.3 is 0 Å². The van der Waals surface area contributed by atoms with Crippen LogP contribution in [0.1, 0.15) is 28.3 Å². The van der Waals surface area contributed by atoms with E-state index in [9.17, 15) is 9.90 Å². The van der Waals surface area contributed by atoms with Crippen LogP contribution in [0.25, 0.3) is 0 Å². The van der Waals surface area contributed by atoms with Crippen LogP contribution in [0.2, 0.25) is 10.0 Å². The van der Waals surface area contributed by atoms with Crippen molar-refractivity contribution in [3.8, 4) is 17.6 Å². The molecule has 3 rings (SSSR count). The molecule has 6 nitrogen and oxygen atoms in total. The van der Waals surface area contributed by atoms with E-state index in [4.69, 9.17) is 33.2 Å². The van der Waals surface area contributed by atoms with E-state index in [0.717, 1.165) is 0 Å². The molecule has 0 bridgehead atoms. The predicted molar refractivity (Wildman–Crippen MR) is 106 cm³/mol. The molecule has 1 heterocycles. The number of aryl methyl sites for hydroxylation is 1. The monoisotopic (exact) mass is 433 g/mol. The molecule has 0 fully saturated rings. The van der Waals surface area contributed by atoms with Gasteiger partial charge in [-0.2, -0.15) is 10.4 Å². The second-order valence-corrected chi connectivity index (χ2v) is 7.05. The molecule has 1 unspecified atom stereocenters. The molecule has 0 radical (unpaired) electrons. The lowest BCUT2D eigenvalue weighted by Crippen LogP contribution is -2.17. The molecular weight excluding hydrogens is 420 g/mol. The van der Waals surface area contributed by atoms with Gasteiger partial charge in [-0.1, -0.05) is 29.3 Å². The fourth-order valence-electron chi connectivity index (χ4n) is 2.77. The summed E-state index contributed by atoms with van der Waals surface area (Å²) < 4.78 is 20.9. The van der Waals surface area contributed by atoms with Crippen LogP contribution in [0.5, 0.6) is 11.5 Å². The van der Waals surface area contributed by atoms with Crippen LogP contribution in [-0.2, 0) is 0 Å². The standard InChI is InChI=1S/C20H14Cl2FN3O3/c1-10-4-17(25-26-20(10)28)15(9-27)14-2-3-16(22)19(18(14)23)29-13-6-11(8-24)5-12(21)7-13/h2-7,15,27H,9H2,1H3,(H,26,28). The van der Waals surface area contributed by atoms with Crippen molar-refractivity contribution in [2.75, 3.05) is 6.61 Å². The molecule has 0 aliphatic rings. The maximum absolute atomic E-state index is 15.3. The number of aliphatic hydroxyl groups is 1. The zero-order valence-electron chi connectivity index (χ0n) is 15.0. The van der Waals surface area contributed by atoms with E-state index in [1.807, 2.05) is 6.07 Å². The second-order valence-electron chi connectivity index (χ2n) is 6.21. The number of aliphatic hydroxyl groups excluding tert-OH is 1. The van der Waals surface area contributed by atoms with Gasteiger partial charge in [0, 0.05) is 16.1 Å². The normalized spacial score (nSPS) is 11.7. The number of halogens is 3. The summed E-state index contributed by atoms with van der Waals surface area (Å²) in [5.74, 6) is -1.82. The van der Waals surface area contributed by atoms with E-state index in [-0.39, 0.29) is 43.9 Å². The number of benzene rings is 2. The number of nitriles is 1. The van der Waals surface area contributed by atoms with E-state index < -0.39 is 18.3 Å². The minimum atomic E-state index is -0.862. The molecule has 9 heteroatoms. The first-order chi connectivity index (χ1) is 13.8. The van der Waals surface area contributed by atoms with Crippen molar-refractivity contribution in [1.82, 2.24) is 10.2 Å². The highest BCUT2D eigenvalue weighted by Crippen LogP contribution is 2.38. The fraction of sp³-hybridized carbons (Fsp3) is 0.150. The third-order valence-electron chi connectivity index (χ3n) is 4.22. The smallest absolute Gasteiger partial charge is 0.267 e. The van der Waals surface area contributed by atoms with Gasteiger partial charge in [-0.25, -0.2) is 9.49 Å². The Morgan fingerprint density at radius 2 is 2.07 bits per heavy atom. The average molecular weight is 434 g/mol. The molecule has 0 spiro atoms. The van der Waals surface area contributed by atoms with Gasteiger partial charge in [-0.3, -0.25) is 4.79 Å². The quantitative estimate of drug-likeness (QED) is 0.624. The maximum Gasteiger partial charge on any atom is 0.267 e. The van der Waals surface area contributed by atoms with E-state index in [0.29, 0.717) is 5.56 Å². The Hall–Kier alpha value is -2.92. The molecule has 0 saturated carbocycles. The lowest BCUT2D eigenvalue weighted by molar-refractivity contribution is 0.275. The highest BCUT2D eigenvalue weighted by atomic mass is 35.5. The number of hydrogen-bond acceptors (Lipinski definition) is 5. The van der Waals surface area contributed by atoms with E-state index in [1.165, 1.54) is 36.4 Å². The number of hydrogen-bond donors (Lipinski definition) is 2. The summed E-state index contributed by atoms with van der Waals surface area (Å²) in [5, 5.41) is 25.4. The summed E-state index contributed by atoms with van der Waals surface area (Å²) in [7, 11) is 0. The van der Waals surface area contributed by atoms with Crippen LogP contribution in [-0.4, -0.2) is 21.9 Å². The van der Waals surface area contributed by atoms with Crippen LogP contribution in [0.15, 0.2) is 41.2 Å². The van der Waals surface area contributed by atoms with Crippen LogP contribution < -0.4 is 10.3 Å². The van der Waals surface area contributed by atoms with Crippen molar-refractivity contribution in [3.63, 3.8) is 0 Å². The molecule has 29 heavy (non-hydrogen) atoms. The molecule has 1 aromatic heterocycles. The van der Waals surface area contributed by atoms with Crippen LogP contribution in [0.3, 0.4) is 0 Å². The molecule has 0 saturated heterocycles. The Balaban J connectivity index is 2.06. The van der Waals surface area contributed by atoms with Crippen molar-refractivity contribution in [2.24, 2.45) is 0 Å². The number of ether oxygens (including phenoxy) is 1. The Morgan fingerprint density at radius 1 is 1.31 bits per heavy atom. The number of nitrogens with zero attached hydrogens (tertiary/aromatic N) is 2. The SMILES string of the molecule is Cc1cc(C(CO)c2ccc(Cl)c(Oc3cc(Cl)cc(C#N)c3)c2F)n[nH]c1=O. The summed E-state index contributed by atoms with van der Waals surface area (Å²) in [4.78, 5) is 11.5. The summed E-state index contributed by atoms with van der Waals surface area (Å²) in [5.41, 5.74) is 0.601. The molecule has 1 atom stereocenters. The molecule has 3 aromatic rings. The van der Waals surface area contributed by atoms with Crippen molar-refractivity contribution < 1.29 is 14.2 Å². The minimum absolute atomic E-state index is 0.00738. The predicted octanol–water partition coefficient (Wildman–Crippen LogP) is 4.31. The number of rotatable bonds is 5. The molecule has 0 amide bonds. The highest BCUT2D eigenvalue weighted by Gasteiger charge is 2.24. The number of aromatic nitrogens is 2. The van der Waals surface area contributed by atoms with Crippen molar-refractivity contribution in [3.05, 3.63) is 85.0 Å². The highest BCUT2D eigenvalue weighted by molar-refractivity contribution is 6.32. The Kier molecular flexibility index (Phi) is 6.18. The van der Waals surface area contributed by atoms with Gasteiger partial charge in [0.2, 0.25) is 0 Å². The van der Waals surface area contributed by atoms with Gasteiger partial charge in [0.05, 0.1) is 34.9 Å². The Labute approximate surface area is 175 Å². The molecule has 2 aromatic carbocycles. The van der Waals surface area contributed by atoms with Gasteiger partial charge in [-0.05, 0) is 37.3 Å². The Morgan fingerprint density at radius 3 is 2.72 bits per heavy atom. The molecule has 0 aliphatic carbocycles. The molecule has 2 N–H and O–H groups in total. The van der Waals surface area contributed by atoms with E-state index in [2.05, 4.69) is 10.2 Å². The second kappa shape index (κ2) is 8.62. The largest absolute Gasteiger partial charge is 0.453 e. The Bertz CT molecular complexity index is 1170. The first-order valence-electron chi connectivity index (χ1n) is 8.37. The van der Waals surface area contributed by atoms with Crippen LogP contribution in [0, 0.1) is 24.1 Å². The van der Waals surface area contributed by atoms with Crippen LogP contribution in [0.4, 0.5) is 4.39 Å². The third-order valence-corrected chi connectivity index (χ3v) is 4.74. The number of nitrogens with one attached hydrogen (secondary N) is 1. The first-order valence-corrected chi connectivity index (χ1v) is 9.13.